The first-order valence-electron chi connectivity index (χ1n) is 8.03. The predicted octanol–water partition coefficient (Wildman–Crippen LogP) is 0.335. The number of likely N-dealkylation sites (tertiary alicyclic amines) is 2. The van der Waals surface area contributed by atoms with Crippen LogP contribution in [0.5, 0.6) is 0 Å². The second-order valence-electron chi connectivity index (χ2n) is 6.62. The number of carbonyl (C=O) groups excluding carboxylic acids is 2. The molecule has 0 radical (unpaired) electrons. The maximum absolute atomic E-state index is 12.4. The first-order chi connectivity index (χ1) is 10.0. The summed E-state index contributed by atoms with van der Waals surface area (Å²) in [5, 5.41) is 0. The minimum Gasteiger partial charge on any atom is -0.342 e. The zero-order valence-corrected chi connectivity index (χ0v) is 13.2. The molecule has 6 nitrogen and oxygen atoms in total. The molecule has 2 saturated heterocycles. The van der Waals surface area contributed by atoms with Crippen molar-refractivity contribution in [2.75, 3.05) is 26.2 Å². The summed E-state index contributed by atoms with van der Waals surface area (Å²) < 4.78 is 0. The largest absolute Gasteiger partial charge is 0.342 e. The van der Waals surface area contributed by atoms with Crippen molar-refractivity contribution < 1.29 is 9.59 Å². The number of carbonyl (C=O) groups is 2. The summed E-state index contributed by atoms with van der Waals surface area (Å²) in [4.78, 5) is 28.1. The molecule has 0 saturated carbocycles. The van der Waals surface area contributed by atoms with Gasteiger partial charge in [-0.25, -0.2) is 5.84 Å². The van der Waals surface area contributed by atoms with Gasteiger partial charge in [0.1, 0.15) is 0 Å². The molecule has 2 aliphatic rings. The van der Waals surface area contributed by atoms with Crippen molar-refractivity contribution in [1.29, 1.82) is 0 Å². The van der Waals surface area contributed by atoms with E-state index < -0.39 is 0 Å². The molecule has 0 aromatic heterocycles. The average Bonchev–Trinajstić information content (AvgIpc) is 2.50. The van der Waals surface area contributed by atoms with E-state index >= 15 is 0 Å². The van der Waals surface area contributed by atoms with Gasteiger partial charge in [0, 0.05) is 31.6 Å². The maximum Gasteiger partial charge on any atom is 0.237 e. The molecule has 21 heavy (non-hydrogen) atoms. The van der Waals surface area contributed by atoms with Crippen LogP contribution >= 0.6 is 0 Å². The number of amides is 2. The summed E-state index contributed by atoms with van der Waals surface area (Å²) in [7, 11) is 0. The Hall–Kier alpha value is -1.14. The van der Waals surface area contributed by atoms with Crippen LogP contribution in [0.25, 0.3) is 0 Å². The zero-order chi connectivity index (χ0) is 15.4. The molecule has 0 bridgehead atoms. The Morgan fingerprint density at radius 3 is 2.43 bits per heavy atom. The molecule has 0 aliphatic carbocycles. The van der Waals surface area contributed by atoms with Gasteiger partial charge in [0.05, 0.1) is 6.54 Å². The number of hydrazine groups is 1. The first-order valence-corrected chi connectivity index (χ1v) is 8.03. The van der Waals surface area contributed by atoms with Gasteiger partial charge in [0.15, 0.2) is 0 Å². The topological polar surface area (TPSA) is 78.7 Å². The molecule has 2 amide bonds. The highest BCUT2D eigenvalue weighted by molar-refractivity contribution is 5.80. The van der Waals surface area contributed by atoms with Crippen LogP contribution in [0.4, 0.5) is 0 Å². The molecular formula is C15H28N4O2. The van der Waals surface area contributed by atoms with Crippen LogP contribution in [-0.2, 0) is 9.59 Å². The van der Waals surface area contributed by atoms with Gasteiger partial charge in [-0.2, -0.15) is 0 Å². The molecule has 0 spiro atoms. The molecule has 2 rings (SSSR count). The average molecular weight is 296 g/mol. The molecule has 2 aliphatic heterocycles. The molecular weight excluding hydrogens is 268 g/mol. The third kappa shape index (κ3) is 4.17. The first kappa shape index (κ1) is 16.2. The zero-order valence-electron chi connectivity index (χ0n) is 13.2. The van der Waals surface area contributed by atoms with Crippen LogP contribution in [0, 0.1) is 11.8 Å². The highest BCUT2D eigenvalue weighted by Gasteiger charge is 2.30. The lowest BCUT2D eigenvalue weighted by atomic mass is 9.94. The number of nitrogens with two attached hydrogens (primary N) is 1. The molecule has 2 heterocycles. The number of piperidine rings is 2. The van der Waals surface area contributed by atoms with Crippen LogP contribution in [-0.4, -0.2) is 53.8 Å². The van der Waals surface area contributed by atoms with E-state index in [1.54, 1.807) is 0 Å². The van der Waals surface area contributed by atoms with Crippen molar-refractivity contribution in [3.8, 4) is 0 Å². The predicted molar refractivity (Wildman–Crippen MR) is 81.1 cm³/mol. The SMILES string of the molecule is CC1CCC(C)N(CC(=O)N2CCC(C(=O)NN)CC2)C1. The molecule has 3 N–H and O–H groups in total. The molecule has 120 valence electrons. The monoisotopic (exact) mass is 296 g/mol. The lowest BCUT2D eigenvalue weighted by Gasteiger charge is -2.38. The highest BCUT2D eigenvalue weighted by atomic mass is 16.2. The minimum absolute atomic E-state index is 0.0482. The smallest absolute Gasteiger partial charge is 0.237 e. The Morgan fingerprint density at radius 1 is 1.14 bits per heavy atom. The molecule has 6 heteroatoms. The Balaban J connectivity index is 1.80. The molecule has 2 unspecified atom stereocenters. The van der Waals surface area contributed by atoms with E-state index in [0.29, 0.717) is 44.4 Å². The van der Waals surface area contributed by atoms with Crippen molar-refractivity contribution in [2.24, 2.45) is 17.7 Å². The van der Waals surface area contributed by atoms with Crippen molar-refractivity contribution >= 4 is 11.8 Å². The van der Waals surface area contributed by atoms with Gasteiger partial charge >= 0.3 is 0 Å². The van der Waals surface area contributed by atoms with Gasteiger partial charge in [-0.05, 0) is 38.5 Å². The van der Waals surface area contributed by atoms with Crippen LogP contribution in [0.2, 0.25) is 0 Å². The van der Waals surface area contributed by atoms with E-state index in [9.17, 15) is 9.59 Å². The van der Waals surface area contributed by atoms with Crippen LogP contribution in [0.3, 0.4) is 0 Å². The third-order valence-corrected chi connectivity index (χ3v) is 4.95. The summed E-state index contributed by atoms with van der Waals surface area (Å²) in [6.07, 6.45) is 3.85. The number of nitrogens with one attached hydrogen (secondary N) is 1. The Kier molecular flexibility index (Phi) is 5.58. The van der Waals surface area contributed by atoms with Crippen LogP contribution in [0.1, 0.15) is 39.5 Å². The van der Waals surface area contributed by atoms with E-state index in [0.717, 1.165) is 6.54 Å². The Labute approximate surface area is 127 Å². The lowest BCUT2D eigenvalue weighted by Crippen LogP contribution is -2.50. The summed E-state index contributed by atoms with van der Waals surface area (Å²) in [6, 6.07) is 0.491. The van der Waals surface area contributed by atoms with E-state index in [2.05, 4.69) is 24.2 Å². The van der Waals surface area contributed by atoms with Crippen molar-refractivity contribution in [3.63, 3.8) is 0 Å². The Bertz CT molecular complexity index is 380. The van der Waals surface area contributed by atoms with Gasteiger partial charge in [0.2, 0.25) is 11.8 Å². The molecule has 0 aromatic carbocycles. The minimum atomic E-state index is -0.111. The van der Waals surface area contributed by atoms with E-state index in [1.165, 1.54) is 12.8 Å². The quantitative estimate of drug-likeness (QED) is 0.447. The van der Waals surface area contributed by atoms with Crippen molar-refractivity contribution in [3.05, 3.63) is 0 Å². The fourth-order valence-corrected chi connectivity index (χ4v) is 3.38. The molecule has 2 fully saturated rings. The van der Waals surface area contributed by atoms with Gasteiger partial charge in [0.25, 0.3) is 0 Å². The van der Waals surface area contributed by atoms with Crippen LogP contribution in [0.15, 0.2) is 0 Å². The van der Waals surface area contributed by atoms with Crippen molar-refractivity contribution in [1.82, 2.24) is 15.2 Å². The summed E-state index contributed by atoms with van der Waals surface area (Å²) >= 11 is 0. The van der Waals surface area contributed by atoms with Crippen molar-refractivity contribution in [2.45, 2.75) is 45.6 Å². The Morgan fingerprint density at radius 2 is 1.81 bits per heavy atom. The maximum atomic E-state index is 12.4. The number of hydrogen-bond donors (Lipinski definition) is 2. The fourth-order valence-electron chi connectivity index (χ4n) is 3.38. The number of nitrogens with zero attached hydrogens (tertiary/aromatic N) is 2. The molecule has 2 atom stereocenters. The third-order valence-electron chi connectivity index (χ3n) is 4.95. The van der Waals surface area contributed by atoms with Gasteiger partial charge in [-0.3, -0.25) is 19.9 Å². The number of rotatable bonds is 3. The van der Waals surface area contributed by atoms with Gasteiger partial charge in [-0.15, -0.1) is 0 Å². The highest BCUT2D eigenvalue weighted by Crippen LogP contribution is 2.22. The standard InChI is InChI=1S/C15H28N4O2/c1-11-3-4-12(2)19(9-11)10-14(20)18-7-5-13(6-8-18)15(21)17-16/h11-13H,3-10,16H2,1-2H3,(H,17,21). The van der Waals surface area contributed by atoms with Gasteiger partial charge < -0.3 is 4.90 Å². The number of hydrogen-bond acceptors (Lipinski definition) is 4. The summed E-state index contributed by atoms with van der Waals surface area (Å²) in [5.41, 5.74) is 2.20. The second-order valence-corrected chi connectivity index (χ2v) is 6.62. The van der Waals surface area contributed by atoms with E-state index in [1.807, 2.05) is 4.90 Å². The summed E-state index contributed by atoms with van der Waals surface area (Å²) in [6.45, 7) is 7.30. The normalized spacial score (nSPS) is 28.4. The van der Waals surface area contributed by atoms with Gasteiger partial charge in [-0.1, -0.05) is 6.92 Å². The van der Waals surface area contributed by atoms with E-state index in [4.69, 9.17) is 5.84 Å². The second kappa shape index (κ2) is 7.22. The molecule has 0 aromatic rings. The fraction of sp³-hybridized carbons (Fsp3) is 0.867. The van der Waals surface area contributed by atoms with Crippen LogP contribution < -0.4 is 11.3 Å². The lowest BCUT2D eigenvalue weighted by molar-refractivity contribution is -0.137. The van der Waals surface area contributed by atoms with E-state index in [-0.39, 0.29) is 17.7 Å². The summed E-state index contributed by atoms with van der Waals surface area (Å²) in [5.74, 6) is 5.87.